The second kappa shape index (κ2) is 11.6. The summed E-state index contributed by atoms with van der Waals surface area (Å²) in [6.07, 6.45) is 0. The largest absolute Gasteiger partial charge is 0.350 e. The molecule has 8 heteroatoms. The first kappa shape index (κ1) is 26.2. The highest BCUT2D eigenvalue weighted by molar-refractivity contribution is 6.53. The number of hydrogen-bond acceptors (Lipinski definition) is 4. The van der Waals surface area contributed by atoms with Crippen LogP contribution in [0.2, 0.25) is 5.02 Å². The van der Waals surface area contributed by atoms with Crippen molar-refractivity contribution in [2.24, 2.45) is 0 Å². The van der Waals surface area contributed by atoms with Gasteiger partial charge in [0.2, 0.25) is 0 Å². The monoisotopic (exact) mass is 555 g/mol. The number of hydrogen-bond donors (Lipinski definition) is 1. The maximum absolute atomic E-state index is 13.7. The molecular weight excluding hydrogens is 533 g/mol. The van der Waals surface area contributed by atoms with Gasteiger partial charge in [-0.3, -0.25) is 14.4 Å². The third-order valence-electron chi connectivity index (χ3n) is 6.22. The Balaban J connectivity index is 1.40. The fourth-order valence-electron chi connectivity index (χ4n) is 4.33. The van der Waals surface area contributed by atoms with Gasteiger partial charge in [0.1, 0.15) is 10.7 Å². The molecule has 6 nitrogen and oxygen atoms in total. The number of rotatable bonds is 8. The van der Waals surface area contributed by atoms with Crippen molar-refractivity contribution in [1.29, 1.82) is 0 Å². The summed E-state index contributed by atoms with van der Waals surface area (Å²) in [4.78, 5) is 42.4. The lowest BCUT2D eigenvalue weighted by Crippen LogP contribution is -2.32. The Hall–Kier alpha value is -4.39. The van der Waals surface area contributed by atoms with E-state index in [4.69, 9.17) is 23.2 Å². The highest BCUT2D eigenvalue weighted by Gasteiger charge is 2.39. The molecule has 194 valence electrons. The summed E-state index contributed by atoms with van der Waals surface area (Å²) in [5.41, 5.74) is 3.02. The average Bonchev–Trinajstić information content (AvgIpc) is 3.16. The van der Waals surface area contributed by atoms with Gasteiger partial charge in [-0.1, -0.05) is 102 Å². The molecule has 4 aromatic carbocycles. The molecule has 0 fully saturated rings. The predicted molar refractivity (Wildman–Crippen MR) is 153 cm³/mol. The number of nitrogens with zero attached hydrogens (tertiary/aromatic N) is 2. The molecule has 1 aliphatic heterocycles. The van der Waals surface area contributed by atoms with E-state index in [2.05, 4.69) is 5.32 Å². The van der Waals surface area contributed by atoms with Crippen LogP contribution in [0.3, 0.4) is 0 Å². The number of imide groups is 1. The first-order valence-corrected chi connectivity index (χ1v) is 13.0. The molecule has 0 aliphatic carbocycles. The van der Waals surface area contributed by atoms with Crippen LogP contribution < -0.4 is 10.2 Å². The van der Waals surface area contributed by atoms with Gasteiger partial charge in [0.05, 0.1) is 10.7 Å². The van der Waals surface area contributed by atoms with Gasteiger partial charge >= 0.3 is 0 Å². The standard InChI is InChI=1S/C31H23Cl2N3O3/c32-25-16-7-8-17-26(25)36-30(38)27(33)28(31(36)39)34-24-15-9-14-23(18-24)29(37)35(19-21-10-3-1-4-11-21)20-22-12-5-2-6-13-22/h1-18,34H,19-20H2. The summed E-state index contributed by atoms with van der Waals surface area (Å²) in [7, 11) is 0. The van der Waals surface area contributed by atoms with Crippen LogP contribution in [-0.2, 0) is 22.7 Å². The van der Waals surface area contributed by atoms with Crippen molar-refractivity contribution < 1.29 is 14.4 Å². The van der Waals surface area contributed by atoms with Crippen molar-refractivity contribution in [3.63, 3.8) is 0 Å². The van der Waals surface area contributed by atoms with E-state index < -0.39 is 11.8 Å². The zero-order chi connectivity index (χ0) is 27.4. The Bertz CT molecular complexity index is 1530. The van der Waals surface area contributed by atoms with Crippen LogP contribution in [0.15, 0.2) is 120 Å². The minimum absolute atomic E-state index is 0.0865. The molecule has 1 heterocycles. The molecule has 0 spiro atoms. The predicted octanol–water partition coefficient (Wildman–Crippen LogP) is 6.62. The number of nitrogens with one attached hydrogen (secondary N) is 1. The molecule has 5 rings (SSSR count). The topological polar surface area (TPSA) is 69.7 Å². The lowest BCUT2D eigenvalue weighted by atomic mass is 10.1. The normalized spacial score (nSPS) is 13.1. The van der Waals surface area contributed by atoms with Crippen LogP contribution in [0.4, 0.5) is 11.4 Å². The summed E-state index contributed by atoms with van der Waals surface area (Å²) < 4.78 is 0. The SMILES string of the molecule is O=C(c1cccc(NC2=C(Cl)C(=O)N(c3ccccc3Cl)C2=O)c1)N(Cc1ccccc1)Cc1ccccc1. The van der Waals surface area contributed by atoms with Crippen molar-refractivity contribution in [3.05, 3.63) is 142 Å². The van der Waals surface area contributed by atoms with E-state index >= 15 is 0 Å². The summed E-state index contributed by atoms with van der Waals surface area (Å²) in [6, 6.07) is 32.8. The molecule has 0 bridgehead atoms. The Kier molecular flexibility index (Phi) is 7.77. The van der Waals surface area contributed by atoms with Gasteiger partial charge in [-0.25, -0.2) is 4.90 Å². The number of anilines is 2. The molecule has 0 radical (unpaired) electrons. The number of carbonyl (C=O) groups is 3. The Morgan fingerprint density at radius 3 is 1.92 bits per heavy atom. The summed E-state index contributed by atoms with van der Waals surface area (Å²) >= 11 is 12.5. The van der Waals surface area contributed by atoms with Crippen LogP contribution >= 0.6 is 23.2 Å². The molecule has 0 saturated heterocycles. The van der Waals surface area contributed by atoms with Crippen molar-refractivity contribution in [3.8, 4) is 0 Å². The van der Waals surface area contributed by atoms with Crippen LogP contribution in [0.5, 0.6) is 0 Å². The second-order valence-electron chi connectivity index (χ2n) is 8.92. The number of para-hydroxylation sites is 1. The quantitative estimate of drug-likeness (QED) is 0.248. The van der Waals surface area contributed by atoms with Gasteiger partial charge in [0.25, 0.3) is 17.7 Å². The second-order valence-corrected chi connectivity index (χ2v) is 9.71. The fourth-order valence-corrected chi connectivity index (χ4v) is 4.76. The van der Waals surface area contributed by atoms with Gasteiger partial charge in [-0.2, -0.15) is 0 Å². The molecule has 0 atom stereocenters. The smallest absolute Gasteiger partial charge is 0.283 e. The third kappa shape index (κ3) is 5.72. The zero-order valence-corrected chi connectivity index (χ0v) is 22.2. The van der Waals surface area contributed by atoms with E-state index in [1.807, 2.05) is 60.7 Å². The third-order valence-corrected chi connectivity index (χ3v) is 6.89. The number of benzene rings is 4. The van der Waals surface area contributed by atoms with Crippen molar-refractivity contribution >= 4 is 52.3 Å². The number of carbonyl (C=O) groups excluding carboxylic acids is 3. The van der Waals surface area contributed by atoms with Crippen LogP contribution in [-0.4, -0.2) is 22.6 Å². The minimum Gasteiger partial charge on any atom is -0.350 e. The maximum atomic E-state index is 13.7. The number of halogens is 2. The van der Waals surface area contributed by atoms with E-state index in [0.717, 1.165) is 16.0 Å². The van der Waals surface area contributed by atoms with Crippen LogP contribution in [0.25, 0.3) is 0 Å². The molecule has 1 N–H and O–H groups in total. The number of amides is 3. The first-order valence-electron chi connectivity index (χ1n) is 12.2. The average molecular weight is 556 g/mol. The molecule has 0 saturated carbocycles. The van der Waals surface area contributed by atoms with Gasteiger partial charge in [0, 0.05) is 24.3 Å². The van der Waals surface area contributed by atoms with E-state index in [0.29, 0.717) is 24.3 Å². The summed E-state index contributed by atoms with van der Waals surface area (Å²) in [5, 5.41) is 2.93. The molecule has 4 aromatic rings. The molecule has 0 aromatic heterocycles. The Morgan fingerprint density at radius 1 is 0.718 bits per heavy atom. The van der Waals surface area contributed by atoms with E-state index in [1.54, 1.807) is 53.4 Å². The molecule has 3 amide bonds. The van der Waals surface area contributed by atoms with E-state index in [9.17, 15) is 14.4 Å². The molecule has 39 heavy (non-hydrogen) atoms. The van der Waals surface area contributed by atoms with Crippen LogP contribution in [0, 0.1) is 0 Å². The fraction of sp³-hybridized carbons (Fsp3) is 0.0645. The zero-order valence-electron chi connectivity index (χ0n) is 20.7. The summed E-state index contributed by atoms with van der Waals surface area (Å²) in [5.74, 6) is -1.50. The maximum Gasteiger partial charge on any atom is 0.283 e. The van der Waals surface area contributed by atoms with Gasteiger partial charge < -0.3 is 10.2 Å². The Labute approximate surface area is 236 Å². The van der Waals surface area contributed by atoms with Gasteiger partial charge in [-0.15, -0.1) is 0 Å². The van der Waals surface area contributed by atoms with Gasteiger partial charge in [0.15, 0.2) is 0 Å². The molecule has 0 unspecified atom stereocenters. The van der Waals surface area contributed by atoms with Crippen molar-refractivity contribution in [2.45, 2.75) is 13.1 Å². The minimum atomic E-state index is -0.679. The molecule has 1 aliphatic rings. The highest BCUT2D eigenvalue weighted by Crippen LogP contribution is 2.34. The summed E-state index contributed by atoms with van der Waals surface area (Å²) in [6.45, 7) is 0.839. The van der Waals surface area contributed by atoms with E-state index in [-0.39, 0.29) is 27.3 Å². The van der Waals surface area contributed by atoms with E-state index in [1.165, 1.54) is 0 Å². The van der Waals surface area contributed by atoms with Crippen LogP contribution in [0.1, 0.15) is 21.5 Å². The van der Waals surface area contributed by atoms with Crippen molar-refractivity contribution in [1.82, 2.24) is 4.90 Å². The van der Waals surface area contributed by atoms with Gasteiger partial charge in [-0.05, 0) is 41.5 Å². The first-order chi connectivity index (χ1) is 18.9. The lowest BCUT2D eigenvalue weighted by Gasteiger charge is -2.23. The lowest BCUT2D eigenvalue weighted by molar-refractivity contribution is -0.120. The highest BCUT2D eigenvalue weighted by atomic mass is 35.5. The van der Waals surface area contributed by atoms with Crippen molar-refractivity contribution in [2.75, 3.05) is 10.2 Å². The molecular formula is C31H23Cl2N3O3. The Morgan fingerprint density at radius 2 is 1.31 bits per heavy atom.